The zero-order chi connectivity index (χ0) is 7.44. The molecule has 0 aliphatic rings. The fourth-order valence-electron chi connectivity index (χ4n) is 0.451. The lowest BCUT2D eigenvalue weighted by atomic mass is 10.2. The van der Waals surface area contributed by atoms with E-state index in [1.165, 1.54) is 0 Å². The van der Waals surface area contributed by atoms with E-state index in [1.807, 2.05) is 0 Å². The van der Waals surface area contributed by atoms with Crippen molar-refractivity contribution < 1.29 is 9.90 Å². The first-order valence-electron chi connectivity index (χ1n) is 2.66. The summed E-state index contributed by atoms with van der Waals surface area (Å²) >= 11 is 5.47. The van der Waals surface area contributed by atoms with Crippen LogP contribution >= 0.6 is 11.6 Å². The van der Waals surface area contributed by atoms with E-state index >= 15 is 0 Å². The van der Waals surface area contributed by atoms with E-state index in [9.17, 15) is 4.79 Å². The van der Waals surface area contributed by atoms with E-state index in [0.717, 1.165) is 0 Å². The Labute approximate surface area is 58.8 Å². The van der Waals surface area contributed by atoms with Gasteiger partial charge in [0.2, 0.25) is 0 Å². The molecule has 0 bridgehead atoms. The van der Waals surface area contributed by atoms with E-state index in [-0.39, 0.29) is 5.38 Å². The zero-order valence-electron chi connectivity index (χ0n) is 5.17. The number of carbonyl (C=O) groups is 1. The minimum absolute atomic E-state index is 0.170. The first-order chi connectivity index (χ1) is 4.04. The second-order valence-corrected chi connectivity index (χ2v) is 2.71. The average Bonchev–Trinajstić information content (AvgIpc) is 1.63. The van der Waals surface area contributed by atoms with E-state index < -0.39 is 12.0 Å². The molecular formula is C5H10ClNO2. The third-order valence-electron chi connectivity index (χ3n) is 0.896. The fourth-order valence-corrected chi connectivity index (χ4v) is 0.643. The Morgan fingerprint density at radius 1 is 1.89 bits per heavy atom. The Balaban J connectivity index is 3.50. The van der Waals surface area contributed by atoms with Gasteiger partial charge in [-0.1, -0.05) is 0 Å². The lowest BCUT2D eigenvalue weighted by Crippen LogP contribution is -2.31. The number of hydrogen-bond acceptors (Lipinski definition) is 2. The van der Waals surface area contributed by atoms with Crippen LogP contribution in [0.1, 0.15) is 13.3 Å². The molecule has 4 heteroatoms. The van der Waals surface area contributed by atoms with Crippen molar-refractivity contribution in [3.63, 3.8) is 0 Å². The molecule has 0 amide bonds. The molecule has 2 atom stereocenters. The van der Waals surface area contributed by atoms with Gasteiger partial charge in [0.05, 0.1) is 0 Å². The van der Waals surface area contributed by atoms with Crippen molar-refractivity contribution in [1.29, 1.82) is 0 Å². The van der Waals surface area contributed by atoms with Gasteiger partial charge >= 0.3 is 5.97 Å². The quantitative estimate of drug-likeness (QED) is 0.575. The fraction of sp³-hybridized carbons (Fsp3) is 0.800. The summed E-state index contributed by atoms with van der Waals surface area (Å²) in [7, 11) is 0. The van der Waals surface area contributed by atoms with Gasteiger partial charge in [0, 0.05) is 5.38 Å². The summed E-state index contributed by atoms with van der Waals surface area (Å²) in [5.41, 5.74) is 5.13. The molecule has 0 rings (SSSR count). The molecule has 3 nitrogen and oxygen atoms in total. The zero-order valence-corrected chi connectivity index (χ0v) is 5.93. The van der Waals surface area contributed by atoms with Crippen molar-refractivity contribution in [2.45, 2.75) is 24.8 Å². The molecule has 0 aromatic heterocycles. The maximum atomic E-state index is 10.1. The van der Waals surface area contributed by atoms with Crippen molar-refractivity contribution in [2.75, 3.05) is 0 Å². The maximum absolute atomic E-state index is 10.1. The highest BCUT2D eigenvalue weighted by atomic mass is 35.5. The van der Waals surface area contributed by atoms with Crippen LogP contribution in [-0.2, 0) is 4.79 Å². The first-order valence-corrected chi connectivity index (χ1v) is 3.10. The smallest absolute Gasteiger partial charge is 0.320 e. The van der Waals surface area contributed by atoms with Gasteiger partial charge in [-0.05, 0) is 13.3 Å². The van der Waals surface area contributed by atoms with Gasteiger partial charge in [-0.25, -0.2) is 0 Å². The van der Waals surface area contributed by atoms with Crippen LogP contribution in [0.15, 0.2) is 0 Å². The van der Waals surface area contributed by atoms with Crippen LogP contribution in [0.4, 0.5) is 0 Å². The van der Waals surface area contributed by atoms with Crippen LogP contribution in [-0.4, -0.2) is 22.5 Å². The number of hydrogen-bond donors (Lipinski definition) is 2. The summed E-state index contributed by atoms with van der Waals surface area (Å²) in [6.45, 7) is 1.71. The SMILES string of the molecule is CC(Cl)CC(N)C(=O)O. The van der Waals surface area contributed by atoms with Crippen molar-refractivity contribution in [3.05, 3.63) is 0 Å². The van der Waals surface area contributed by atoms with Crippen molar-refractivity contribution in [1.82, 2.24) is 0 Å². The van der Waals surface area contributed by atoms with E-state index in [0.29, 0.717) is 6.42 Å². The Bertz CT molecular complexity index is 105. The van der Waals surface area contributed by atoms with Crippen LogP contribution < -0.4 is 5.73 Å². The summed E-state index contributed by atoms with van der Waals surface area (Å²) < 4.78 is 0. The van der Waals surface area contributed by atoms with Crippen LogP contribution in [0.25, 0.3) is 0 Å². The molecule has 9 heavy (non-hydrogen) atoms. The number of carboxylic acids is 1. The van der Waals surface area contributed by atoms with Gasteiger partial charge in [-0.2, -0.15) is 0 Å². The number of nitrogens with two attached hydrogens (primary N) is 1. The van der Waals surface area contributed by atoms with Gasteiger partial charge in [-0.3, -0.25) is 4.79 Å². The second-order valence-electron chi connectivity index (χ2n) is 1.96. The first kappa shape index (κ1) is 8.72. The van der Waals surface area contributed by atoms with Crippen molar-refractivity contribution >= 4 is 17.6 Å². The van der Waals surface area contributed by atoms with Crippen molar-refractivity contribution in [2.24, 2.45) is 5.73 Å². The lowest BCUT2D eigenvalue weighted by molar-refractivity contribution is -0.138. The van der Waals surface area contributed by atoms with E-state index in [4.69, 9.17) is 22.4 Å². The molecule has 2 unspecified atom stereocenters. The van der Waals surface area contributed by atoms with Crippen molar-refractivity contribution in [3.8, 4) is 0 Å². The van der Waals surface area contributed by atoms with E-state index in [1.54, 1.807) is 6.92 Å². The molecular weight excluding hydrogens is 142 g/mol. The Morgan fingerprint density at radius 2 is 2.33 bits per heavy atom. The highest BCUT2D eigenvalue weighted by Gasteiger charge is 2.13. The minimum Gasteiger partial charge on any atom is -0.480 e. The third kappa shape index (κ3) is 4.24. The van der Waals surface area contributed by atoms with Crippen LogP contribution in [0.5, 0.6) is 0 Å². The molecule has 0 aromatic rings. The third-order valence-corrected chi connectivity index (χ3v) is 1.07. The summed E-state index contributed by atoms with van der Waals surface area (Å²) in [5.74, 6) is -0.998. The maximum Gasteiger partial charge on any atom is 0.320 e. The topological polar surface area (TPSA) is 63.3 Å². The number of aliphatic carboxylic acids is 1. The molecule has 0 aromatic carbocycles. The summed E-state index contributed by atoms with van der Waals surface area (Å²) in [4.78, 5) is 10.1. The predicted molar refractivity (Wildman–Crippen MR) is 35.5 cm³/mol. The van der Waals surface area contributed by atoms with E-state index in [2.05, 4.69) is 0 Å². The van der Waals surface area contributed by atoms with Gasteiger partial charge in [-0.15, -0.1) is 11.6 Å². The molecule has 54 valence electrons. The van der Waals surface area contributed by atoms with Gasteiger partial charge < -0.3 is 10.8 Å². The molecule has 0 spiro atoms. The molecule has 0 saturated heterocycles. The number of rotatable bonds is 3. The highest BCUT2D eigenvalue weighted by Crippen LogP contribution is 2.02. The van der Waals surface area contributed by atoms with Gasteiger partial charge in [0.25, 0.3) is 0 Å². The molecule has 3 N–H and O–H groups in total. The normalized spacial score (nSPS) is 16.8. The summed E-state index contributed by atoms with van der Waals surface area (Å²) in [5, 5.41) is 8.08. The number of alkyl halides is 1. The van der Waals surface area contributed by atoms with Crippen LogP contribution in [0.2, 0.25) is 0 Å². The molecule has 0 aliphatic carbocycles. The van der Waals surface area contributed by atoms with Crippen LogP contribution in [0.3, 0.4) is 0 Å². The Morgan fingerprint density at radius 3 is 2.44 bits per heavy atom. The summed E-state index contributed by atoms with van der Waals surface area (Å²) in [6, 6.07) is -0.822. The molecule has 0 saturated carbocycles. The van der Waals surface area contributed by atoms with Crippen LogP contribution in [0, 0.1) is 0 Å². The Kier molecular flexibility index (Phi) is 3.58. The average molecular weight is 152 g/mol. The van der Waals surface area contributed by atoms with Gasteiger partial charge in [0.15, 0.2) is 0 Å². The predicted octanol–water partition coefficient (Wildman–Crippen LogP) is 0.416. The highest BCUT2D eigenvalue weighted by molar-refractivity contribution is 6.20. The summed E-state index contributed by atoms with van der Waals surface area (Å²) in [6.07, 6.45) is 0.316. The number of carboxylic acid groups (broad SMARTS) is 1. The number of halogens is 1. The molecule has 0 heterocycles. The lowest BCUT2D eigenvalue weighted by Gasteiger charge is -2.05. The second kappa shape index (κ2) is 3.69. The minimum atomic E-state index is -0.998. The van der Waals surface area contributed by atoms with Gasteiger partial charge in [0.1, 0.15) is 6.04 Å². The molecule has 0 fully saturated rings. The molecule has 0 radical (unpaired) electrons. The standard InChI is InChI=1S/C5H10ClNO2/c1-3(6)2-4(7)5(8)9/h3-4H,2,7H2,1H3,(H,8,9). The Hall–Kier alpha value is -0.280. The largest absolute Gasteiger partial charge is 0.480 e. The molecule has 0 aliphatic heterocycles. The monoisotopic (exact) mass is 151 g/mol.